The van der Waals surface area contributed by atoms with Gasteiger partial charge in [-0.05, 0) is 41.9 Å². The summed E-state index contributed by atoms with van der Waals surface area (Å²) >= 11 is 8.60. The smallest absolute Gasteiger partial charge is 0.198 e. The standard InChI is InChI=1S/C6H7ClN2S2/c7-5-8-6(9-11-5)10-3-4-1-2-4/h4H,1-3H2. The van der Waals surface area contributed by atoms with Crippen LogP contribution in [0.25, 0.3) is 0 Å². The molecular weight excluding hydrogens is 200 g/mol. The lowest BCUT2D eigenvalue weighted by Gasteiger charge is -1.90. The lowest BCUT2D eigenvalue weighted by molar-refractivity contribution is 0.985. The highest BCUT2D eigenvalue weighted by Crippen LogP contribution is 2.34. The van der Waals surface area contributed by atoms with Gasteiger partial charge in [-0.3, -0.25) is 0 Å². The van der Waals surface area contributed by atoms with Gasteiger partial charge in [0.2, 0.25) is 9.62 Å². The largest absolute Gasteiger partial charge is 0.204 e. The number of hydrogen-bond donors (Lipinski definition) is 0. The molecule has 0 atom stereocenters. The molecule has 1 aliphatic carbocycles. The number of nitrogens with zero attached hydrogens (tertiary/aromatic N) is 2. The Morgan fingerprint density at radius 2 is 2.45 bits per heavy atom. The summed E-state index contributed by atoms with van der Waals surface area (Å²) in [6.07, 6.45) is 2.76. The van der Waals surface area contributed by atoms with E-state index in [0.717, 1.165) is 16.8 Å². The van der Waals surface area contributed by atoms with Gasteiger partial charge in [0.05, 0.1) is 0 Å². The Morgan fingerprint density at radius 3 is 3.00 bits per heavy atom. The fourth-order valence-electron chi connectivity index (χ4n) is 0.728. The molecule has 5 heteroatoms. The van der Waals surface area contributed by atoms with E-state index in [1.54, 1.807) is 11.8 Å². The molecular formula is C6H7ClN2S2. The van der Waals surface area contributed by atoms with E-state index >= 15 is 0 Å². The van der Waals surface area contributed by atoms with Crippen LogP contribution in [-0.2, 0) is 0 Å². The van der Waals surface area contributed by atoms with Crippen molar-refractivity contribution in [3.05, 3.63) is 4.47 Å². The molecule has 1 aromatic rings. The first-order valence-electron chi connectivity index (χ1n) is 3.46. The van der Waals surface area contributed by atoms with Gasteiger partial charge < -0.3 is 0 Å². The van der Waals surface area contributed by atoms with E-state index in [1.807, 2.05) is 0 Å². The highest BCUT2D eigenvalue weighted by molar-refractivity contribution is 7.99. The Labute approximate surface area is 78.5 Å². The van der Waals surface area contributed by atoms with Crippen molar-refractivity contribution >= 4 is 34.9 Å². The number of aromatic nitrogens is 2. The van der Waals surface area contributed by atoms with E-state index < -0.39 is 0 Å². The predicted molar refractivity (Wildman–Crippen MR) is 48.4 cm³/mol. The molecule has 1 saturated carbocycles. The van der Waals surface area contributed by atoms with Gasteiger partial charge >= 0.3 is 0 Å². The fraction of sp³-hybridized carbons (Fsp3) is 0.667. The van der Waals surface area contributed by atoms with Gasteiger partial charge in [-0.2, -0.15) is 9.36 Å². The Hall–Kier alpha value is 0.200. The molecule has 1 heterocycles. The van der Waals surface area contributed by atoms with E-state index in [4.69, 9.17) is 11.6 Å². The normalized spacial score (nSPS) is 17.2. The monoisotopic (exact) mass is 206 g/mol. The molecule has 1 aliphatic rings. The first-order valence-corrected chi connectivity index (χ1v) is 5.60. The van der Waals surface area contributed by atoms with Gasteiger partial charge in [-0.1, -0.05) is 11.8 Å². The van der Waals surface area contributed by atoms with Crippen LogP contribution >= 0.6 is 34.9 Å². The molecule has 1 aromatic heterocycles. The SMILES string of the molecule is Clc1nc(SCC2CC2)ns1. The van der Waals surface area contributed by atoms with Gasteiger partial charge in [0, 0.05) is 5.75 Å². The summed E-state index contributed by atoms with van der Waals surface area (Å²) in [7, 11) is 0. The number of thioether (sulfide) groups is 1. The Bertz CT molecular complexity index is 246. The summed E-state index contributed by atoms with van der Waals surface area (Å²) in [6, 6.07) is 0. The van der Waals surface area contributed by atoms with Crippen LogP contribution in [0.3, 0.4) is 0 Å². The van der Waals surface area contributed by atoms with Crippen LogP contribution in [-0.4, -0.2) is 15.1 Å². The van der Waals surface area contributed by atoms with Crippen molar-refractivity contribution < 1.29 is 0 Å². The van der Waals surface area contributed by atoms with Gasteiger partial charge in [0.1, 0.15) is 0 Å². The van der Waals surface area contributed by atoms with Gasteiger partial charge in [0.25, 0.3) is 0 Å². The molecule has 0 bridgehead atoms. The molecule has 0 amide bonds. The second-order valence-corrected chi connectivity index (χ2v) is 4.91. The molecule has 0 unspecified atom stereocenters. The first kappa shape index (κ1) is 7.83. The molecule has 2 nitrogen and oxygen atoms in total. The van der Waals surface area contributed by atoms with Crippen molar-refractivity contribution in [1.82, 2.24) is 9.36 Å². The van der Waals surface area contributed by atoms with Crippen molar-refractivity contribution in [3.63, 3.8) is 0 Å². The van der Waals surface area contributed by atoms with E-state index in [1.165, 1.54) is 24.4 Å². The lowest BCUT2D eigenvalue weighted by Crippen LogP contribution is -1.81. The Morgan fingerprint density at radius 1 is 1.64 bits per heavy atom. The Balaban J connectivity index is 1.85. The van der Waals surface area contributed by atoms with Crippen LogP contribution in [0.5, 0.6) is 0 Å². The van der Waals surface area contributed by atoms with E-state index in [0.29, 0.717) is 4.47 Å². The average molecular weight is 207 g/mol. The number of hydrogen-bond acceptors (Lipinski definition) is 4. The summed E-state index contributed by atoms with van der Waals surface area (Å²) in [5.74, 6) is 2.08. The maximum absolute atomic E-state index is 5.62. The van der Waals surface area contributed by atoms with Crippen molar-refractivity contribution in [2.75, 3.05) is 5.75 Å². The molecule has 0 saturated heterocycles. The molecule has 60 valence electrons. The molecule has 0 aromatic carbocycles. The van der Waals surface area contributed by atoms with Gasteiger partial charge in [-0.25, -0.2) is 0 Å². The van der Waals surface area contributed by atoms with E-state index in [2.05, 4.69) is 9.36 Å². The van der Waals surface area contributed by atoms with E-state index in [9.17, 15) is 0 Å². The minimum Gasteiger partial charge on any atom is -0.198 e. The second kappa shape index (κ2) is 3.29. The summed E-state index contributed by atoms with van der Waals surface area (Å²) in [5, 5.41) is 0.840. The number of rotatable bonds is 3. The average Bonchev–Trinajstić information content (AvgIpc) is 2.72. The highest BCUT2D eigenvalue weighted by Gasteiger charge is 2.21. The third-order valence-corrected chi connectivity index (χ3v) is 3.52. The van der Waals surface area contributed by atoms with Gasteiger partial charge in [-0.15, -0.1) is 0 Å². The molecule has 11 heavy (non-hydrogen) atoms. The van der Waals surface area contributed by atoms with Crippen molar-refractivity contribution in [3.8, 4) is 0 Å². The first-order chi connectivity index (χ1) is 5.34. The quantitative estimate of drug-likeness (QED) is 0.712. The maximum atomic E-state index is 5.62. The fourth-order valence-corrected chi connectivity index (χ4v) is 2.54. The number of halogens is 1. The predicted octanol–water partition coefficient (Wildman–Crippen LogP) is 2.69. The maximum Gasteiger partial charge on any atom is 0.204 e. The summed E-state index contributed by atoms with van der Waals surface area (Å²) in [5.41, 5.74) is 0. The zero-order chi connectivity index (χ0) is 7.68. The van der Waals surface area contributed by atoms with Crippen LogP contribution < -0.4 is 0 Å². The zero-order valence-corrected chi connectivity index (χ0v) is 8.18. The molecule has 0 spiro atoms. The summed E-state index contributed by atoms with van der Waals surface area (Å²) in [4.78, 5) is 4.05. The zero-order valence-electron chi connectivity index (χ0n) is 5.79. The minimum absolute atomic E-state index is 0.545. The molecule has 2 rings (SSSR count). The molecule has 0 radical (unpaired) electrons. The lowest BCUT2D eigenvalue weighted by atomic mass is 10.5. The van der Waals surface area contributed by atoms with Crippen molar-refractivity contribution in [2.24, 2.45) is 5.92 Å². The van der Waals surface area contributed by atoms with Crippen LogP contribution in [0.15, 0.2) is 5.16 Å². The van der Waals surface area contributed by atoms with Gasteiger partial charge in [0.15, 0.2) is 0 Å². The highest BCUT2D eigenvalue weighted by atomic mass is 35.5. The van der Waals surface area contributed by atoms with Crippen LogP contribution in [0.1, 0.15) is 12.8 Å². The topological polar surface area (TPSA) is 25.8 Å². The van der Waals surface area contributed by atoms with E-state index in [-0.39, 0.29) is 0 Å². The molecule has 1 fully saturated rings. The minimum atomic E-state index is 0.545. The third-order valence-electron chi connectivity index (χ3n) is 1.53. The van der Waals surface area contributed by atoms with Crippen molar-refractivity contribution in [1.29, 1.82) is 0 Å². The van der Waals surface area contributed by atoms with Crippen molar-refractivity contribution in [2.45, 2.75) is 18.0 Å². The summed E-state index contributed by atoms with van der Waals surface area (Å²) < 4.78 is 4.62. The van der Waals surface area contributed by atoms with Crippen LogP contribution in [0, 0.1) is 5.92 Å². The molecule has 0 N–H and O–H groups in total. The van der Waals surface area contributed by atoms with Crippen LogP contribution in [0.4, 0.5) is 0 Å². The third kappa shape index (κ3) is 2.32. The summed E-state index contributed by atoms with van der Waals surface area (Å²) in [6.45, 7) is 0. The van der Waals surface area contributed by atoms with Crippen LogP contribution in [0.2, 0.25) is 4.47 Å². The molecule has 0 aliphatic heterocycles. The Kier molecular flexibility index (Phi) is 2.34. The second-order valence-electron chi connectivity index (χ2n) is 2.58.